The number of benzene rings is 3. The van der Waals surface area contributed by atoms with Crippen LogP contribution in [0.3, 0.4) is 0 Å². The molecule has 0 heterocycles. The first-order chi connectivity index (χ1) is 20.0. The average molecular weight is 595 g/mol. The fraction of sp³-hybridized carbons (Fsp3) is 0.375. The topological polar surface area (TPSA) is 90.0 Å². The van der Waals surface area contributed by atoms with Crippen LogP contribution in [0.2, 0.25) is 0 Å². The molecule has 0 radical (unpaired) electrons. The van der Waals surface area contributed by atoms with Gasteiger partial charge in [-0.15, -0.1) is 0 Å². The van der Waals surface area contributed by atoms with Crippen LogP contribution in [0.5, 0.6) is 0 Å². The van der Waals surface area contributed by atoms with E-state index >= 15 is 0 Å². The zero-order valence-electron chi connectivity index (χ0n) is 24.4. The summed E-state index contributed by atoms with van der Waals surface area (Å²) < 4.78 is 42.5. The molecule has 2 amide bonds. The number of anilines is 1. The predicted octanol–water partition coefficient (Wildman–Crippen LogP) is 4.45. The first kappa shape index (κ1) is 31.2. The summed E-state index contributed by atoms with van der Waals surface area (Å²) in [5, 5.41) is 3.16. The third-order valence-corrected chi connectivity index (χ3v) is 9.36. The lowest BCUT2D eigenvalue weighted by Gasteiger charge is -2.35. The number of rotatable bonds is 12. The molecule has 1 fully saturated rings. The van der Waals surface area contributed by atoms with Gasteiger partial charge in [-0.25, -0.2) is 8.70 Å². The number of carbonyl (C=O) groups is 2. The smallest absolute Gasteiger partial charge is 0.304 e. The highest BCUT2D eigenvalue weighted by Crippen LogP contribution is 2.23. The lowest BCUT2D eigenvalue weighted by molar-refractivity contribution is -0.140. The van der Waals surface area contributed by atoms with Crippen LogP contribution in [0.15, 0.2) is 78.9 Å². The third-order valence-electron chi connectivity index (χ3n) is 7.54. The summed E-state index contributed by atoms with van der Waals surface area (Å²) in [6.07, 6.45) is 4.10. The van der Waals surface area contributed by atoms with Gasteiger partial charge in [0.1, 0.15) is 18.4 Å². The summed E-state index contributed by atoms with van der Waals surface area (Å²) in [4.78, 5) is 29.7. The standard InChI is InChI=1S/C32H39FN4O4S/c1-24-10-9-13-26(20-24)22-36(30(21-25-11-5-4-6-12-25)32(39)34-28-14-7-8-15-28)31(38)23-37(42(40,41)35(2)3)29-18-16-27(33)17-19-29/h4-6,9-13,16-20,28,30H,7-8,14-15,21-23H2,1-3H3,(H,34,39)/t30-/m1/s1. The van der Waals surface area contributed by atoms with E-state index in [2.05, 4.69) is 5.32 Å². The van der Waals surface area contributed by atoms with Gasteiger partial charge in [0.25, 0.3) is 0 Å². The van der Waals surface area contributed by atoms with Crippen molar-refractivity contribution in [1.82, 2.24) is 14.5 Å². The summed E-state index contributed by atoms with van der Waals surface area (Å²) in [5.74, 6) is -1.34. The molecule has 0 aliphatic heterocycles. The summed E-state index contributed by atoms with van der Waals surface area (Å²) >= 11 is 0. The molecular formula is C32H39FN4O4S. The molecule has 1 aliphatic rings. The van der Waals surface area contributed by atoms with Gasteiger partial charge in [0.05, 0.1) is 5.69 Å². The Kier molecular flexibility index (Phi) is 10.3. The Morgan fingerprint density at radius 2 is 1.57 bits per heavy atom. The molecule has 0 saturated heterocycles. The van der Waals surface area contributed by atoms with E-state index in [-0.39, 0.29) is 30.6 Å². The maximum atomic E-state index is 14.3. The van der Waals surface area contributed by atoms with Crippen LogP contribution < -0.4 is 9.62 Å². The van der Waals surface area contributed by atoms with E-state index < -0.39 is 34.5 Å². The summed E-state index contributed by atoms with van der Waals surface area (Å²) in [6, 6.07) is 21.2. The first-order valence-corrected chi connectivity index (χ1v) is 15.6. The molecule has 0 spiro atoms. The van der Waals surface area contributed by atoms with Crippen LogP contribution in [0.1, 0.15) is 42.4 Å². The summed E-state index contributed by atoms with van der Waals surface area (Å²) in [5.41, 5.74) is 2.84. The van der Waals surface area contributed by atoms with Gasteiger partial charge in [-0.3, -0.25) is 9.59 Å². The van der Waals surface area contributed by atoms with Crippen LogP contribution >= 0.6 is 0 Å². The molecule has 1 atom stereocenters. The van der Waals surface area contributed by atoms with Gasteiger partial charge >= 0.3 is 10.2 Å². The van der Waals surface area contributed by atoms with Gasteiger partial charge in [0.2, 0.25) is 11.8 Å². The van der Waals surface area contributed by atoms with Crippen molar-refractivity contribution in [3.8, 4) is 0 Å². The van der Waals surface area contributed by atoms with Crippen molar-refractivity contribution in [2.24, 2.45) is 0 Å². The van der Waals surface area contributed by atoms with Crippen molar-refractivity contribution >= 4 is 27.7 Å². The minimum atomic E-state index is -4.14. The molecule has 8 nitrogen and oxygen atoms in total. The summed E-state index contributed by atoms with van der Waals surface area (Å²) in [7, 11) is -1.40. The minimum absolute atomic E-state index is 0.0385. The number of amides is 2. The monoisotopic (exact) mass is 594 g/mol. The Morgan fingerprint density at radius 3 is 2.19 bits per heavy atom. The predicted molar refractivity (Wildman–Crippen MR) is 162 cm³/mol. The number of hydrogen-bond acceptors (Lipinski definition) is 4. The molecule has 42 heavy (non-hydrogen) atoms. The number of halogens is 1. The number of nitrogens with one attached hydrogen (secondary N) is 1. The van der Waals surface area contributed by atoms with E-state index in [0.717, 1.165) is 63.1 Å². The van der Waals surface area contributed by atoms with Gasteiger partial charge < -0.3 is 10.2 Å². The van der Waals surface area contributed by atoms with Crippen LogP contribution in [-0.4, -0.2) is 62.2 Å². The highest BCUT2D eigenvalue weighted by molar-refractivity contribution is 7.90. The quantitative estimate of drug-likeness (QED) is 0.336. The minimum Gasteiger partial charge on any atom is -0.352 e. The normalized spacial score (nSPS) is 14.5. The van der Waals surface area contributed by atoms with Crippen LogP contribution in [0.25, 0.3) is 0 Å². The Hall–Kier alpha value is -3.76. The Bertz CT molecular complexity index is 1460. The van der Waals surface area contributed by atoms with E-state index in [9.17, 15) is 22.4 Å². The van der Waals surface area contributed by atoms with Crippen molar-refractivity contribution in [1.29, 1.82) is 0 Å². The molecule has 3 aromatic carbocycles. The molecule has 1 aliphatic carbocycles. The SMILES string of the molecule is Cc1cccc(CN(C(=O)CN(c2ccc(F)cc2)S(=O)(=O)N(C)C)[C@H](Cc2ccccc2)C(=O)NC2CCCC2)c1. The fourth-order valence-corrected chi connectivity index (χ4v) is 6.31. The molecule has 0 bridgehead atoms. The molecule has 224 valence electrons. The van der Waals surface area contributed by atoms with Crippen LogP contribution in [-0.2, 0) is 32.8 Å². The largest absolute Gasteiger partial charge is 0.352 e. The Balaban J connectivity index is 1.75. The fourth-order valence-electron chi connectivity index (χ4n) is 5.25. The molecule has 0 aromatic heterocycles. The molecule has 4 rings (SSSR count). The lowest BCUT2D eigenvalue weighted by Crippen LogP contribution is -2.55. The van der Waals surface area contributed by atoms with Gasteiger partial charge in [0.15, 0.2) is 0 Å². The van der Waals surface area contributed by atoms with Gasteiger partial charge in [-0.1, -0.05) is 73.0 Å². The number of hydrogen-bond donors (Lipinski definition) is 1. The second-order valence-electron chi connectivity index (χ2n) is 11.0. The Morgan fingerprint density at radius 1 is 0.929 bits per heavy atom. The highest BCUT2D eigenvalue weighted by Gasteiger charge is 2.35. The second-order valence-corrected chi connectivity index (χ2v) is 13.0. The molecule has 1 saturated carbocycles. The molecule has 0 unspecified atom stereocenters. The second kappa shape index (κ2) is 13.9. The molecule has 10 heteroatoms. The molecule has 1 N–H and O–H groups in total. The van der Waals surface area contributed by atoms with Gasteiger partial charge in [-0.2, -0.15) is 12.7 Å². The molecule has 3 aromatic rings. The van der Waals surface area contributed by atoms with E-state index in [0.29, 0.717) is 0 Å². The Labute approximate surface area is 248 Å². The summed E-state index contributed by atoms with van der Waals surface area (Å²) in [6.45, 7) is 1.49. The van der Waals surface area contributed by atoms with Crippen molar-refractivity contribution in [2.45, 2.75) is 57.7 Å². The van der Waals surface area contributed by atoms with E-state index in [1.807, 2.05) is 61.5 Å². The van der Waals surface area contributed by atoms with Crippen LogP contribution in [0, 0.1) is 12.7 Å². The number of carbonyl (C=O) groups excluding carboxylic acids is 2. The van der Waals surface area contributed by atoms with E-state index in [1.165, 1.54) is 31.1 Å². The van der Waals surface area contributed by atoms with Crippen LogP contribution in [0.4, 0.5) is 10.1 Å². The third kappa shape index (κ3) is 7.95. The number of nitrogens with zero attached hydrogens (tertiary/aromatic N) is 3. The number of aryl methyl sites for hydroxylation is 1. The lowest BCUT2D eigenvalue weighted by atomic mass is 10.0. The van der Waals surface area contributed by atoms with Crippen molar-refractivity contribution in [3.63, 3.8) is 0 Å². The maximum Gasteiger partial charge on any atom is 0.304 e. The molecular weight excluding hydrogens is 555 g/mol. The van der Waals surface area contributed by atoms with E-state index in [4.69, 9.17) is 0 Å². The van der Waals surface area contributed by atoms with Crippen molar-refractivity contribution in [3.05, 3.63) is 101 Å². The average Bonchev–Trinajstić information content (AvgIpc) is 3.47. The first-order valence-electron chi connectivity index (χ1n) is 14.2. The van der Waals surface area contributed by atoms with Crippen molar-refractivity contribution in [2.75, 3.05) is 24.9 Å². The zero-order chi connectivity index (χ0) is 30.3. The van der Waals surface area contributed by atoms with Gasteiger partial charge in [0, 0.05) is 33.1 Å². The highest BCUT2D eigenvalue weighted by atomic mass is 32.2. The van der Waals surface area contributed by atoms with Crippen molar-refractivity contribution < 1.29 is 22.4 Å². The van der Waals surface area contributed by atoms with Gasteiger partial charge in [-0.05, 0) is 55.2 Å². The van der Waals surface area contributed by atoms with E-state index in [1.54, 1.807) is 0 Å². The zero-order valence-corrected chi connectivity index (χ0v) is 25.2. The maximum absolute atomic E-state index is 14.3.